The number of nitrogens with two attached hydrogens (primary N) is 1. The van der Waals surface area contributed by atoms with Crippen molar-refractivity contribution in [1.29, 1.82) is 5.26 Å². The summed E-state index contributed by atoms with van der Waals surface area (Å²) in [5.41, 5.74) is 8.39. The van der Waals surface area contributed by atoms with Crippen molar-refractivity contribution in [3.05, 3.63) is 23.8 Å². The van der Waals surface area contributed by atoms with Crippen molar-refractivity contribution in [1.82, 2.24) is 0 Å². The van der Waals surface area contributed by atoms with Gasteiger partial charge in [0.15, 0.2) is 0 Å². The number of nitriles is 1. The van der Waals surface area contributed by atoms with E-state index in [1.807, 2.05) is 6.07 Å². The molecule has 0 unspecified atom stereocenters. The Kier molecular flexibility index (Phi) is 3.91. The van der Waals surface area contributed by atoms with Gasteiger partial charge in [0.05, 0.1) is 23.0 Å². The number of nitrogens with one attached hydrogen (secondary N) is 1. The highest BCUT2D eigenvalue weighted by molar-refractivity contribution is 5.68. The predicted molar refractivity (Wildman–Crippen MR) is 77.3 cm³/mol. The lowest BCUT2D eigenvalue weighted by atomic mass is 9.69. The molecule has 3 N–H and O–H groups in total. The average molecular weight is 245 g/mol. The highest BCUT2D eigenvalue weighted by Crippen LogP contribution is 2.38. The number of hydrogen-bond donors (Lipinski definition) is 2. The molecule has 18 heavy (non-hydrogen) atoms. The summed E-state index contributed by atoms with van der Waals surface area (Å²) in [7, 11) is 0. The summed E-state index contributed by atoms with van der Waals surface area (Å²) < 4.78 is 0. The number of nitrogens with zero attached hydrogens (tertiary/aromatic N) is 1. The fraction of sp³-hybridized carbons (Fsp3) is 0.533. The molecule has 0 radical (unpaired) electrons. The molecule has 0 saturated carbocycles. The number of anilines is 2. The molecule has 0 aliphatic heterocycles. The minimum Gasteiger partial charge on any atom is -0.397 e. The van der Waals surface area contributed by atoms with Gasteiger partial charge < -0.3 is 11.1 Å². The highest BCUT2D eigenvalue weighted by Gasteiger charge is 2.32. The molecule has 3 nitrogen and oxygen atoms in total. The van der Waals surface area contributed by atoms with Crippen molar-refractivity contribution in [3.8, 4) is 6.07 Å². The van der Waals surface area contributed by atoms with Gasteiger partial charge >= 0.3 is 0 Å². The Morgan fingerprint density at radius 2 is 1.83 bits per heavy atom. The third-order valence-electron chi connectivity index (χ3n) is 3.93. The molecule has 0 amide bonds. The van der Waals surface area contributed by atoms with E-state index in [-0.39, 0.29) is 10.8 Å². The Labute approximate surface area is 110 Å². The van der Waals surface area contributed by atoms with Crippen LogP contribution in [0.25, 0.3) is 0 Å². The average Bonchev–Trinajstić information content (AvgIpc) is 2.25. The van der Waals surface area contributed by atoms with Crippen molar-refractivity contribution in [2.24, 2.45) is 10.8 Å². The van der Waals surface area contributed by atoms with E-state index in [9.17, 15) is 0 Å². The van der Waals surface area contributed by atoms with Crippen LogP contribution in [-0.4, -0.2) is 6.54 Å². The Morgan fingerprint density at radius 1 is 1.22 bits per heavy atom. The minimum absolute atomic E-state index is 0.146. The van der Waals surface area contributed by atoms with Gasteiger partial charge in [-0.2, -0.15) is 5.26 Å². The Balaban J connectivity index is 2.79. The van der Waals surface area contributed by atoms with E-state index < -0.39 is 0 Å². The van der Waals surface area contributed by atoms with Crippen molar-refractivity contribution in [2.75, 3.05) is 17.6 Å². The van der Waals surface area contributed by atoms with Crippen LogP contribution in [0.15, 0.2) is 18.2 Å². The first-order chi connectivity index (χ1) is 8.17. The topological polar surface area (TPSA) is 61.8 Å². The van der Waals surface area contributed by atoms with Gasteiger partial charge in [-0.15, -0.1) is 0 Å². The smallest absolute Gasteiger partial charge is 0.0992 e. The normalized spacial score (nSPS) is 12.0. The van der Waals surface area contributed by atoms with Gasteiger partial charge in [0.1, 0.15) is 0 Å². The molecule has 0 spiro atoms. The van der Waals surface area contributed by atoms with Crippen LogP contribution in [0.1, 0.15) is 40.2 Å². The lowest BCUT2D eigenvalue weighted by Crippen LogP contribution is -2.36. The van der Waals surface area contributed by atoms with Crippen LogP contribution in [0, 0.1) is 22.2 Å². The van der Waals surface area contributed by atoms with Gasteiger partial charge in [-0.1, -0.05) is 34.6 Å². The first-order valence-corrected chi connectivity index (χ1v) is 6.21. The molecule has 0 aliphatic carbocycles. The summed E-state index contributed by atoms with van der Waals surface area (Å²) in [6, 6.07) is 7.43. The van der Waals surface area contributed by atoms with Crippen molar-refractivity contribution in [2.45, 2.75) is 34.6 Å². The first kappa shape index (κ1) is 14.4. The van der Waals surface area contributed by atoms with Gasteiger partial charge in [-0.3, -0.25) is 0 Å². The molecule has 0 saturated heterocycles. The summed E-state index contributed by atoms with van der Waals surface area (Å²) in [6.45, 7) is 12.0. The Hall–Kier alpha value is -1.69. The SMILES string of the molecule is CC(C)(C)C(C)(C)CNc1ccc(C#N)cc1N. The molecule has 0 bridgehead atoms. The number of benzene rings is 1. The lowest BCUT2D eigenvalue weighted by molar-refractivity contribution is 0.148. The van der Waals surface area contributed by atoms with E-state index >= 15 is 0 Å². The highest BCUT2D eigenvalue weighted by atomic mass is 14.9. The van der Waals surface area contributed by atoms with E-state index in [0.29, 0.717) is 11.3 Å². The van der Waals surface area contributed by atoms with E-state index in [1.54, 1.807) is 12.1 Å². The van der Waals surface area contributed by atoms with E-state index in [4.69, 9.17) is 11.0 Å². The molecular formula is C15H23N3. The summed E-state index contributed by atoms with van der Waals surface area (Å²) in [6.07, 6.45) is 0. The maximum Gasteiger partial charge on any atom is 0.0992 e. The molecule has 0 atom stereocenters. The number of rotatable bonds is 3. The molecule has 1 rings (SSSR count). The lowest BCUT2D eigenvalue weighted by Gasteiger charge is -2.39. The van der Waals surface area contributed by atoms with Crippen molar-refractivity contribution < 1.29 is 0 Å². The maximum absolute atomic E-state index is 8.79. The van der Waals surface area contributed by atoms with Gasteiger partial charge in [0.2, 0.25) is 0 Å². The van der Waals surface area contributed by atoms with Crippen LogP contribution in [0.4, 0.5) is 11.4 Å². The molecular weight excluding hydrogens is 222 g/mol. The summed E-state index contributed by atoms with van der Waals surface area (Å²) in [5, 5.41) is 12.2. The second-order valence-corrected chi connectivity index (χ2v) is 6.40. The molecule has 1 aromatic rings. The zero-order valence-electron chi connectivity index (χ0n) is 12.0. The van der Waals surface area contributed by atoms with Crippen molar-refractivity contribution in [3.63, 3.8) is 0 Å². The molecule has 1 aromatic carbocycles. The Bertz CT molecular complexity index is 462. The van der Waals surface area contributed by atoms with E-state index in [1.165, 1.54) is 0 Å². The van der Waals surface area contributed by atoms with E-state index in [0.717, 1.165) is 12.2 Å². The fourth-order valence-corrected chi connectivity index (χ4v) is 1.37. The molecule has 98 valence electrons. The Morgan fingerprint density at radius 3 is 2.28 bits per heavy atom. The van der Waals surface area contributed by atoms with Gasteiger partial charge in [-0.25, -0.2) is 0 Å². The van der Waals surface area contributed by atoms with Crippen LogP contribution in [-0.2, 0) is 0 Å². The molecule has 3 heteroatoms. The third kappa shape index (κ3) is 3.16. The van der Waals surface area contributed by atoms with Gasteiger partial charge in [0, 0.05) is 6.54 Å². The van der Waals surface area contributed by atoms with Crippen LogP contribution < -0.4 is 11.1 Å². The summed E-state index contributed by atoms with van der Waals surface area (Å²) in [4.78, 5) is 0. The van der Waals surface area contributed by atoms with Gasteiger partial charge in [0.25, 0.3) is 0 Å². The minimum atomic E-state index is 0.146. The fourth-order valence-electron chi connectivity index (χ4n) is 1.37. The monoisotopic (exact) mass is 245 g/mol. The predicted octanol–water partition coefficient (Wildman–Crippen LogP) is 3.62. The number of nitrogen functional groups attached to an aromatic ring is 1. The molecule has 0 aromatic heterocycles. The van der Waals surface area contributed by atoms with Crippen LogP contribution in [0.5, 0.6) is 0 Å². The zero-order chi connectivity index (χ0) is 14.0. The first-order valence-electron chi connectivity index (χ1n) is 6.21. The molecule has 0 fully saturated rings. The largest absolute Gasteiger partial charge is 0.397 e. The maximum atomic E-state index is 8.79. The van der Waals surface area contributed by atoms with Crippen LogP contribution in [0.3, 0.4) is 0 Å². The quantitative estimate of drug-likeness (QED) is 0.799. The summed E-state index contributed by atoms with van der Waals surface area (Å²) in [5.74, 6) is 0. The molecule has 0 aliphatic rings. The molecule has 0 heterocycles. The number of hydrogen-bond acceptors (Lipinski definition) is 3. The van der Waals surface area contributed by atoms with E-state index in [2.05, 4.69) is 46.0 Å². The van der Waals surface area contributed by atoms with Crippen molar-refractivity contribution >= 4 is 11.4 Å². The summed E-state index contributed by atoms with van der Waals surface area (Å²) >= 11 is 0. The third-order valence-corrected chi connectivity index (χ3v) is 3.93. The second kappa shape index (κ2) is 4.89. The van der Waals surface area contributed by atoms with Crippen LogP contribution in [0.2, 0.25) is 0 Å². The standard InChI is InChI=1S/C15H23N3/c1-14(2,3)15(4,5)10-18-13-7-6-11(9-16)8-12(13)17/h6-8,18H,10,17H2,1-5H3. The zero-order valence-corrected chi connectivity index (χ0v) is 12.0. The second-order valence-electron chi connectivity index (χ2n) is 6.40. The van der Waals surface area contributed by atoms with Crippen LogP contribution >= 0.6 is 0 Å². The van der Waals surface area contributed by atoms with Gasteiger partial charge in [-0.05, 0) is 29.0 Å².